The van der Waals surface area contributed by atoms with Gasteiger partial charge < -0.3 is 14.8 Å². The standard InChI is InChI=1S/C21H31NO4/c1-3-5-6-7-9-17-26-21(24)18-11-13-19(14-12-18)25-16-10-8-15-22-20(23)4-2/h4,11-14H,2-3,5-10,15-17H2,1H3,(H,22,23). The zero-order valence-corrected chi connectivity index (χ0v) is 15.8. The van der Waals surface area contributed by atoms with Gasteiger partial charge in [-0.15, -0.1) is 0 Å². The van der Waals surface area contributed by atoms with E-state index in [1.165, 1.54) is 25.3 Å². The Balaban J connectivity index is 2.16. The van der Waals surface area contributed by atoms with E-state index in [2.05, 4.69) is 18.8 Å². The highest BCUT2D eigenvalue weighted by Crippen LogP contribution is 2.14. The van der Waals surface area contributed by atoms with Crippen LogP contribution in [0.25, 0.3) is 0 Å². The fraction of sp³-hybridized carbons (Fsp3) is 0.524. The maximum atomic E-state index is 12.0. The van der Waals surface area contributed by atoms with E-state index in [1.54, 1.807) is 24.3 Å². The number of carbonyl (C=O) groups excluding carboxylic acids is 2. The minimum absolute atomic E-state index is 0.158. The van der Waals surface area contributed by atoms with Crippen LogP contribution >= 0.6 is 0 Å². The first kappa shape index (κ1) is 21.7. The molecule has 0 aliphatic rings. The topological polar surface area (TPSA) is 64.6 Å². The highest BCUT2D eigenvalue weighted by atomic mass is 16.5. The van der Waals surface area contributed by atoms with Gasteiger partial charge in [0, 0.05) is 6.54 Å². The average molecular weight is 361 g/mol. The Morgan fingerprint density at radius 1 is 1.00 bits per heavy atom. The van der Waals surface area contributed by atoms with Crippen molar-refractivity contribution in [3.63, 3.8) is 0 Å². The molecule has 0 aliphatic carbocycles. The Labute approximate surface area is 156 Å². The molecule has 0 heterocycles. The Kier molecular flexibility index (Phi) is 11.6. The van der Waals surface area contributed by atoms with E-state index in [-0.39, 0.29) is 11.9 Å². The van der Waals surface area contributed by atoms with Crippen LogP contribution in [0.4, 0.5) is 0 Å². The van der Waals surface area contributed by atoms with E-state index in [9.17, 15) is 9.59 Å². The Morgan fingerprint density at radius 2 is 1.69 bits per heavy atom. The highest BCUT2D eigenvalue weighted by Gasteiger charge is 2.07. The van der Waals surface area contributed by atoms with Gasteiger partial charge in [0.25, 0.3) is 0 Å². The van der Waals surface area contributed by atoms with Crippen LogP contribution in [-0.2, 0) is 9.53 Å². The second kappa shape index (κ2) is 13.9. The first-order chi connectivity index (χ1) is 12.7. The van der Waals surface area contributed by atoms with Gasteiger partial charge in [-0.25, -0.2) is 4.79 Å². The number of hydrogen-bond donors (Lipinski definition) is 1. The first-order valence-electron chi connectivity index (χ1n) is 9.47. The van der Waals surface area contributed by atoms with Gasteiger partial charge in [0.15, 0.2) is 0 Å². The van der Waals surface area contributed by atoms with Gasteiger partial charge in [0.05, 0.1) is 18.8 Å². The molecule has 144 valence electrons. The van der Waals surface area contributed by atoms with E-state index in [1.807, 2.05) is 0 Å². The molecule has 0 unspecified atom stereocenters. The molecule has 0 saturated carbocycles. The second-order valence-electron chi connectivity index (χ2n) is 6.13. The first-order valence-corrected chi connectivity index (χ1v) is 9.47. The minimum Gasteiger partial charge on any atom is -0.494 e. The molecule has 0 aromatic heterocycles. The fourth-order valence-corrected chi connectivity index (χ4v) is 2.34. The molecule has 0 aliphatic heterocycles. The third-order valence-corrected chi connectivity index (χ3v) is 3.90. The van der Waals surface area contributed by atoms with Crippen molar-refractivity contribution in [1.82, 2.24) is 5.32 Å². The van der Waals surface area contributed by atoms with E-state index >= 15 is 0 Å². The molecule has 1 amide bonds. The molecule has 5 nitrogen and oxygen atoms in total. The van der Waals surface area contributed by atoms with Gasteiger partial charge in [-0.1, -0.05) is 39.2 Å². The van der Waals surface area contributed by atoms with Crippen LogP contribution in [0.1, 0.15) is 62.2 Å². The summed E-state index contributed by atoms with van der Waals surface area (Å²) in [4.78, 5) is 22.9. The molecule has 5 heteroatoms. The van der Waals surface area contributed by atoms with Crippen molar-refractivity contribution < 1.29 is 19.1 Å². The fourth-order valence-electron chi connectivity index (χ4n) is 2.34. The van der Waals surface area contributed by atoms with Crippen LogP contribution in [-0.4, -0.2) is 31.6 Å². The molecule has 0 radical (unpaired) electrons. The summed E-state index contributed by atoms with van der Waals surface area (Å²) in [6.07, 6.45) is 8.59. The lowest BCUT2D eigenvalue weighted by molar-refractivity contribution is -0.116. The third kappa shape index (κ3) is 9.87. The number of ether oxygens (including phenoxy) is 2. The predicted octanol–water partition coefficient (Wildman–Crippen LogP) is 4.28. The summed E-state index contributed by atoms with van der Waals surface area (Å²) in [6, 6.07) is 6.99. The summed E-state index contributed by atoms with van der Waals surface area (Å²) in [5, 5.41) is 2.72. The SMILES string of the molecule is C=CC(=O)NCCCCOc1ccc(C(=O)OCCCCCCC)cc1. The molecule has 26 heavy (non-hydrogen) atoms. The molecular weight excluding hydrogens is 330 g/mol. The van der Waals surface area contributed by atoms with Crippen LogP contribution in [0.15, 0.2) is 36.9 Å². The monoisotopic (exact) mass is 361 g/mol. The summed E-state index contributed by atoms with van der Waals surface area (Å²) in [6.45, 7) is 7.22. The van der Waals surface area contributed by atoms with Gasteiger partial charge in [0.1, 0.15) is 5.75 Å². The molecule has 1 aromatic carbocycles. The number of rotatable bonds is 14. The van der Waals surface area contributed by atoms with E-state index < -0.39 is 0 Å². The van der Waals surface area contributed by atoms with Crippen molar-refractivity contribution in [2.75, 3.05) is 19.8 Å². The van der Waals surface area contributed by atoms with Crippen molar-refractivity contribution in [3.05, 3.63) is 42.5 Å². The van der Waals surface area contributed by atoms with Crippen molar-refractivity contribution >= 4 is 11.9 Å². The summed E-state index contributed by atoms with van der Waals surface area (Å²) >= 11 is 0. The van der Waals surface area contributed by atoms with Gasteiger partial charge >= 0.3 is 5.97 Å². The molecule has 0 fully saturated rings. The Morgan fingerprint density at radius 3 is 2.38 bits per heavy atom. The quantitative estimate of drug-likeness (QED) is 0.305. The molecule has 0 atom stereocenters. The number of carbonyl (C=O) groups is 2. The molecule has 1 N–H and O–H groups in total. The zero-order chi connectivity index (χ0) is 19.0. The van der Waals surface area contributed by atoms with Gasteiger partial charge in [0.2, 0.25) is 5.91 Å². The highest BCUT2D eigenvalue weighted by molar-refractivity contribution is 5.89. The lowest BCUT2D eigenvalue weighted by Crippen LogP contribution is -2.22. The third-order valence-electron chi connectivity index (χ3n) is 3.90. The maximum absolute atomic E-state index is 12.0. The Hall–Kier alpha value is -2.30. The van der Waals surface area contributed by atoms with E-state index in [0.29, 0.717) is 25.3 Å². The molecule has 1 aromatic rings. The largest absolute Gasteiger partial charge is 0.494 e. The normalized spacial score (nSPS) is 10.2. The Bertz CT molecular complexity index is 539. The molecule has 0 saturated heterocycles. The summed E-state index contributed by atoms with van der Waals surface area (Å²) in [5.41, 5.74) is 0.540. The van der Waals surface area contributed by atoms with Gasteiger partial charge in [-0.3, -0.25) is 4.79 Å². The van der Waals surface area contributed by atoms with Crippen molar-refractivity contribution in [2.45, 2.75) is 51.9 Å². The van der Waals surface area contributed by atoms with Crippen LogP contribution < -0.4 is 10.1 Å². The van der Waals surface area contributed by atoms with Crippen LogP contribution in [0.3, 0.4) is 0 Å². The number of amides is 1. The van der Waals surface area contributed by atoms with Crippen LogP contribution in [0.5, 0.6) is 5.75 Å². The minimum atomic E-state index is -0.287. The van der Waals surface area contributed by atoms with Crippen molar-refractivity contribution in [1.29, 1.82) is 0 Å². The summed E-state index contributed by atoms with van der Waals surface area (Å²) in [7, 11) is 0. The average Bonchev–Trinajstić information content (AvgIpc) is 2.67. The number of benzene rings is 1. The van der Waals surface area contributed by atoms with Crippen LogP contribution in [0.2, 0.25) is 0 Å². The number of esters is 1. The molecule has 0 bridgehead atoms. The maximum Gasteiger partial charge on any atom is 0.338 e. The predicted molar refractivity (Wildman–Crippen MR) is 103 cm³/mol. The summed E-state index contributed by atoms with van der Waals surface area (Å²) in [5.74, 6) is 0.274. The van der Waals surface area contributed by atoms with E-state index in [0.717, 1.165) is 31.4 Å². The molecular formula is C21H31NO4. The second-order valence-corrected chi connectivity index (χ2v) is 6.13. The number of hydrogen-bond acceptors (Lipinski definition) is 4. The molecule has 1 rings (SSSR count). The van der Waals surface area contributed by atoms with Gasteiger partial charge in [-0.05, 0) is 49.6 Å². The van der Waals surface area contributed by atoms with Crippen LogP contribution in [0, 0.1) is 0 Å². The summed E-state index contributed by atoms with van der Waals surface area (Å²) < 4.78 is 10.9. The lowest BCUT2D eigenvalue weighted by Gasteiger charge is -2.08. The smallest absolute Gasteiger partial charge is 0.338 e. The lowest BCUT2D eigenvalue weighted by atomic mass is 10.2. The number of nitrogens with one attached hydrogen (secondary N) is 1. The van der Waals surface area contributed by atoms with Crippen molar-refractivity contribution in [3.8, 4) is 5.75 Å². The van der Waals surface area contributed by atoms with Gasteiger partial charge in [-0.2, -0.15) is 0 Å². The van der Waals surface area contributed by atoms with Crippen molar-refractivity contribution in [2.24, 2.45) is 0 Å². The zero-order valence-electron chi connectivity index (χ0n) is 15.8. The molecule has 0 spiro atoms. The number of unbranched alkanes of at least 4 members (excludes halogenated alkanes) is 5. The van der Waals surface area contributed by atoms with E-state index in [4.69, 9.17) is 9.47 Å².